The number of fused-ring (bicyclic) bond motifs is 1. The first-order valence-electron chi connectivity index (χ1n) is 7.94. The molecule has 0 saturated carbocycles. The Kier molecular flexibility index (Phi) is 3.93. The molecule has 1 aromatic heterocycles. The van der Waals surface area contributed by atoms with E-state index in [4.69, 9.17) is 9.15 Å². The van der Waals surface area contributed by atoms with Crippen molar-refractivity contribution < 1.29 is 18.3 Å². The number of rotatable bonds is 4. The summed E-state index contributed by atoms with van der Waals surface area (Å²) in [6.07, 6.45) is 0.548. The van der Waals surface area contributed by atoms with Crippen molar-refractivity contribution in [1.29, 1.82) is 0 Å². The molecule has 0 saturated heterocycles. The quantitative estimate of drug-likeness (QED) is 0.729. The Morgan fingerprint density at radius 2 is 2.00 bits per heavy atom. The minimum absolute atomic E-state index is 0.143. The Bertz CT molecular complexity index is 908. The number of amides is 1. The number of anilines is 1. The van der Waals surface area contributed by atoms with Gasteiger partial charge in [-0.05, 0) is 30.3 Å². The molecule has 1 aliphatic rings. The van der Waals surface area contributed by atoms with Crippen LogP contribution in [0.3, 0.4) is 0 Å². The van der Waals surface area contributed by atoms with E-state index >= 15 is 0 Å². The minimum atomic E-state index is -0.384. The monoisotopic (exact) mass is 338 g/mol. The maximum atomic E-state index is 13.4. The molecule has 0 aliphatic carbocycles. The second-order valence-electron chi connectivity index (χ2n) is 5.67. The molecule has 0 fully saturated rings. The predicted molar refractivity (Wildman–Crippen MR) is 89.1 cm³/mol. The van der Waals surface area contributed by atoms with Crippen molar-refractivity contribution in [3.63, 3.8) is 0 Å². The topological polar surface area (TPSA) is 55.6 Å². The first-order valence-corrected chi connectivity index (χ1v) is 7.94. The first-order chi connectivity index (χ1) is 12.2. The summed E-state index contributed by atoms with van der Waals surface area (Å²) in [4.78, 5) is 18.5. The normalized spacial score (nSPS) is 13.6. The highest BCUT2D eigenvalue weighted by Gasteiger charge is 2.31. The molecule has 0 spiro atoms. The van der Waals surface area contributed by atoms with Gasteiger partial charge in [-0.3, -0.25) is 4.79 Å². The van der Waals surface area contributed by atoms with Crippen LogP contribution in [0.25, 0.3) is 0 Å². The second-order valence-corrected chi connectivity index (χ2v) is 5.67. The van der Waals surface area contributed by atoms with Gasteiger partial charge in [-0.25, -0.2) is 9.37 Å². The highest BCUT2D eigenvalue weighted by Crippen LogP contribution is 2.26. The molecular weight excluding hydrogens is 323 g/mol. The van der Waals surface area contributed by atoms with Crippen molar-refractivity contribution in [2.45, 2.75) is 13.0 Å². The summed E-state index contributed by atoms with van der Waals surface area (Å²) in [6.45, 7) is 0.574. The molecule has 0 atom stereocenters. The van der Waals surface area contributed by atoms with Gasteiger partial charge in [0.25, 0.3) is 5.91 Å². The smallest absolute Gasteiger partial charge is 0.296 e. The molecule has 25 heavy (non-hydrogen) atoms. The number of carbonyl (C=O) groups excluding carboxylic acids is 1. The molecule has 1 amide bonds. The van der Waals surface area contributed by atoms with Gasteiger partial charge in [-0.1, -0.05) is 24.3 Å². The summed E-state index contributed by atoms with van der Waals surface area (Å²) >= 11 is 0. The van der Waals surface area contributed by atoms with E-state index in [0.29, 0.717) is 36.0 Å². The molecule has 0 bridgehead atoms. The summed E-state index contributed by atoms with van der Waals surface area (Å²) < 4.78 is 24.6. The van der Waals surface area contributed by atoms with Crippen molar-refractivity contribution in [3.8, 4) is 5.75 Å². The number of halogens is 1. The molecule has 3 aromatic rings. The van der Waals surface area contributed by atoms with Crippen LogP contribution in [-0.4, -0.2) is 17.4 Å². The van der Waals surface area contributed by atoms with E-state index in [1.165, 1.54) is 17.0 Å². The fourth-order valence-electron chi connectivity index (χ4n) is 2.79. The number of para-hydroxylation sites is 1. The van der Waals surface area contributed by atoms with E-state index in [2.05, 4.69) is 4.98 Å². The molecule has 0 unspecified atom stereocenters. The van der Waals surface area contributed by atoms with Crippen LogP contribution in [0.5, 0.6) is 5.75 Å². The van der Waals surface area contributed by atoms with Crippen molar-refractivity contribution in [2.24, 2.45) is 0 Å². The van der Waals surface area contributed by atoms with Gasteiger partial charge in [0.05, 0.1) is 5.69 Å². The number of hydrogen-bond acceptors (Lipinski definition) is 4. The fraction of sp³-hybridized carbons (Fsp3) is 0.158. The number of ether oxygens (including phenoxy) is 1. The lowest BCUT2D eigenvalue weighted by Crippen LogP contribution is -2.37. The lowest BCUT2D eigenvalue weighted by atomic mass is 10.1. The van der Waals surface area contributed by atoms with Gasteiger partial charge in [0, 0.05) is 18.7 Å². The first kappa shape index (κ1) is 15.4. The van der Waals surface area contributed by atoms with E-state index in [-0.39, 0.29) is 24.1 Å². The van der Waals surface area contributed by atoms with Crippen LogP contribution in [0.15, 0.2) is 59.0 Å². The van der Waals surface area contributed by atoms with Gasteiger partial charge in [0.15, 0.2) is 6.61 Å². The maximum Gasteiger partial charge on any atom is 0.296 e. The number of benzene rings is 2. The van der Waals surface area contributed by atoms with E-state index in [0.717, 1.165) is 0 Å². The summed E-state index contributed by atoms with van der Waals surface area (Å²) in [5.41, 5.74) is 1.12. The number of nitrogens with zero attached hydrogens (tertiary/aromatic N) is 2. The maximum absolute atomic E-state index is 13.4. The average molecular weight is 338 g/mol. The lowest BCUT2D eigenvalue weighted by Gasteiger charge is -2.25. The van der Waals surface area contributed by atoms with E-state index < -0.39 is 0 Å². The van der Waals surface area contributed by atoms with E-state index in [9.17, 15) is 9.18 Å². The van der Waals surface area contributed by atoms with Gasteiger partial charge in [0.1, 0.15) is 11.6 Å². The standard InChI is InChI=1S/C19H15FN2O3/c20-13-5-4-6-14(11-13)22-10-9-16-18(19(22)23)25-17(21-16)12-24-15-7-2-1-3-8-15/h1-8,11H,9-10,12H2. The number of oxazole rings is 1. The van der Waals surface area contributed by atoms with Gasteiger partial charge in [-0.15, -0.1) is 0 Å². The minimum Gasteiger partial charge on any atom is -0.484 e. The van der Waals surface area contributed by atoms with Crippen molar-refractivity contribution in [2.75, 3.05) is 11.4 Å². The summed E-state index contributed by atoms with van der Waals surface area (Å²) in [5.74, 6) is 0.549. The molecule has 6 heteroatoms. The Morgan fingerprint density at radius 3 is 2.80 bits per heavy atom. The zero-order chi connectivity index (χ0) is 17.2. The van der Waals surface area contributed by atoms with Gasteiger partial charge in [-0.2, -0.15) is 0 Å². The second kappa shape index (κ2) is 6.39. The summed E-state index contributed by atoms with van der Waals surface area (Å²) in [5, 5.41) is 0. The third kappa shape index (κ3) is 3.10. The van der Waals surface area contributed by atoms with Crippen LogP contribution in [0.4, 0.5) is 10.1 Å². The third-order valence-corrected chi connectivity index (χ3v) is 3.98. The summed E-state index contributed by atoms with van der Waals surface area (Å²) in [7, 11) is 0. The third-order valence-electron chi connectivity index (χ3n) is 3.98. The lowest BCUT2D eigenvalue weighted by molar-refractivity contribution is 0.0948. The van der Waals surface area contributed by atoms with E-state index in [1.807, 2.05) is 30.3 Å². The summed E-state index contributed by atoms with van der Waals surface area (Å²) in [6, 6.07) is 15.3. The predicted octanol–water partition coefficient (Wildman–Crippen LogP) is 3.60. The zero-order valence-electron chi connectivity index (χ0n) is 13.3. The van der Waals surface area contributed by atoms with Crippen LogP contribution in [0.1, 0.15) is 22.1 Å². The number of hydrogen-bond donors (Lipinski definition) is 0. The average Bonchev–Trinajstić information content (AvgIpc) is 3.05. The van der Waals surface area contributed by atoms with Crippen LogP contribution >= 0.6 is 0 Å². The van der Waals surface area contributed by atoms with Crippen molar-refractivity contribution in [3.05, 3.63) is 77.8 Å². The molecular formula is C19H15FN2O3. The SMILES string of the molecule is O=C1c2oc(COc3ccccc3)nc2CCN1c1cccc(F)c1. The molecule has 0 N–H and O–H groups in total. The number of carbonyl (C=O) groups is 1. The van der Waals surface area contributed by atoms with Crippen LogP contribution in [0, 0.1) is 5.82 Å². The van der Waals surface area contributed by atoms with Crippen molar-refractivity contribution >= 4 is 11.6 Å². The van der Waals surface area contributed by atoms with Crippen molar-refractivity contribution in [1.82, 2.24) is 4.98 Å². The van der Waals surface area contributed by atoms with Gasteiger partial charge >= 0.3 is 0 Å². The largest absolute Gasteiger partial charge is 0.484 e. The van der Waals surface area contributed by atoms with Crippen LogP contribution in [0.2, 0.25) is 0 Å². The molecule has 4 rings (SSSR count). The zero-order valence-corrected chi connectivity index (χ0v) is 13.3. The Balaban J connectivity index is 1.53. The molecule has 2 aromatic carbocycles. The Hall–Kier alpha value is -3.15. The fourth-order valence-corrected chi connectivity index (χ4v) is 2.79. The Labute approximate surface area is 143 Å². The highest BCUT2D eigenvalue weighted by molar-refractivity contribution is 6.05. The van der Waals surface area contributed by atoms with Gasteiger partial charge in [0.2, 0.25) is 11.7 Å². The number of aromatic nitrogens is 1. The molecule has 5 nitrogen and oxygen atoms in total. The molecule has 1 aliphatic heterocycles. The Morgan fingerprint density at radius 1 is 1.16 bits per heavy atom. The van der Waals surface area contributed by atoms with Gasteiger partial charge < -0.3 is 14.1 Å². The molecule has 126 valence electrons. The van der Waals surface area contributed by atoms with Crippen LogP contribution < -0.4 is 9.64 Å². The molecule has 0 radical (unpaired) electrons. The van der Waals surface area contributed by atoms with E-state index in [1.54, 1.807) is 12.1 Å². The molecule has 2 heterocycles. The van der Waals surface area contributed by atoms with Crippen LogP contribution in [-0.2, 0) is 13.0 Å². The highest BCUT2D eigenvalue weighted by atomic mass is 19.1.